The molecule has 1 fully saturated rings. The van der Waals surface area contributed by atoms with E-state index in [1.54, 1.807) is 10.9 Å². The highest BCUT2D eigenvalue weighted by Gasteiger charge is 2.17. The maximum atomic E-state index is 12.0. The van der Waals surface area contributed by atoms with Crippen molar-refractivity contribution >= 4 is 15.9 Å². The second-order valence-electron chi connectivity index (χ2n) is 5.89. The van der Waals surface area contributed by atoms with Crippen molar-refractivity contribution in [1.82, 2.24) is 29.9 Å². The summed E-state index contributed by atoms with van der Waals surface area (Å²) in [5, 5.41) is 13.7. The first-order chi connectivity index (χ1) is 10.9. The first-order valence-electron chi connectivity index (χ1n) is 7.68. The highest BCUT2D eigenvalue weighted by Crippen LogP contribution is 2.11. The Hall–Kier alpha value is -1.52. The molecule has 130 valence electrons. The fourth-order valence-corrected chi connectivity index (χ4v) is 3.13. The number of piperidine rings is 1. The first-order valence-corrected chi connectivity index (χ1v) is 9.28. The van der Waals surface area contributed by atoms with Crippen LogP contribution in [0.1, 0.15) is 23.3 Å². The number of rotatable bonds is 7. The Morgan fingerprint density at radius 1 is 1.52 bits per heavy atom. The highest BCUT2D eigenvalue weighted by atomic mass is 32.2. The lowest BCUT2D eigenvalue weighted by atomic mass is 10.00. The van der Waals surface area contributed by atoms with Crippen LogP contribution in [0.2, 0.25) is 0 Å². The minimum Gasteiger partial charge on any atom is -0.350 e. The fourth-order valence-electron chi connectivity index (χ4n) is 2.40. The Bertz CT molecular complexity index is 621. The van der Waals surface area contributed by atoms with Gasteiger partial charge in [-0.25, -0.2) is 12.7 Å². The molecule has 0 saturated carbocycles. The van der Waals surface area contributed by atoms with E-state index in [9.17, 15) is 13.2 Å². The van der Waals surface area contributed by atoms with Crippen molar-refractivity contribution in [2.75, 3.05) is 39.5 Å². The molecule has 0 unspecified atom stereocenters. The summed E-state index contributed by atoms with van der Waals surface area (Å²) in [4.78, 5) is 12.0. The molecule has 0 aliphatic carbocycles. The minimum atomic E-state index is -3.32. The van der Waals surface area contributed by atoms with Crippen LogP contribution in [0.15, 0.2) is 6.20 Å². The number of carbonyl (C=O) groups is 1. The summed E-state index contributed by atoms with van der Waals surface area (Å²) in [5.41, 5.74) is 0.205. The van der Waals surface area contributed by atoms with Gasteiger partial charge >= 0.3 is 0 Å². The molecule has 0 aromatic carbocycles. The van der Waals surface area contributed by atoms with Gasteiger partial charge in [0.2, 0.25) is 10.0 Å². The van der Waals surface area contributed by atoms with E-state index in [1.807, 2.05) is 0 Å². The maximum Gasteiger partial charge on any atom is 0.273 e. The van der Waals surface area contributed by atoms with Crippen molar-refractivity contribution in [3.8, 4) is 0 Å². The Balaban J connectivity index is 1.81. The Morgan fingerprint density at radius 3 is 2.96 bits per heavy atom. The second-order valence-corrected chi connectivity index (χ2v) is 8.19. The van der Waals surface area contributed by atoms with E-state index >= 15 is 0 Å². The van der Waals surface area contributed by atoms with Gasteiger partial charge in [0.05, 0.1) is 11.9 Å². The normalized spacial score (nSPS) is 19.0. The Labute approximate surface area is 136 Å². The quantitative estimate of drug-likeness (QED) is 0.650. The van der Waals surface area contributed by atoms with Crippen molar-refractivity contribution in [2.24, 2.45) is 5.92 Å². The summed E-state index contributed by atoms with van der Waals surface area (Å²) < 4.78 is 26.0. The van der Waals surface area contributed by atoms with Gasteiger partial charge in [-0.3, -0.25) is 9.48 Å². The van der Waals surface area contributed by atoms with Gasteiger partial charge in [-0.05, 0) is 31.8 Å². The SMILES string of the molecule is CN(C)S(=O)(=O)CCNC(=O)c1cn(C[C@@H]2CCCNC2)nn1. The number of amides is 1. The van der Waals surface area contributed by atoms with Gasteiger partial charge in [0.1, 0.15) is 0 Å². The van der Waals surface area contributed by atoms with E-state index in [-0.39, 0.29) is 18.0 Å². The van der Waals surface area contributed by atoms with Crippen LogP contribution in [-0.4, -0.2) is 73.1 Å². The van der Waals surface area contributed by atoms with Gasteiger partial charge in [0, 0.05) is 27.2 Å². The monoisotopic (exact) mass is 344 g/mol. The molecule has 1 amide bonds. The molecule has 1 atom stereocenters. The molecule has 0 spiro atoms. The lowest BCUT2D eigenvalue weighted by Gasteiger charge is -2.22. The molecule has 2 rings (SSSR count). The summed E-state index contributed by atoms with van der Waals surface area (Å²) in [6.45, 7) is 2.77. The van der Waals surface area contributed by atoms with Crippen LogP contribution >= 0.6 is 0 Å². The lowest BCUT2D eigenvalue weighted by molar-refractivity contribution is 0.0951. The van der Waals surface area contributed by atoms with E-state index in [2.05, 4.69) is 20.9 Å². The van der Waals surface area contributed by atoms with E-state index in [1.165, 1.54) is 14.1 Å². The molecule has 23 heavy (non-hydrogen) atoms. The summed E-state index contributed by atoms with van der Waals surface area (Å²) in [6.07, 6.45) is 3.88. The van der Waals surface area contributed by atoms with Crippen molar-refractivity contribution in [1.29, 1.82) is 0 Å². The van der Waals surface area contributed by atoms with Crippen LogP contribution in [0, 0.1) is 5.92 Å². The molecule has 10 heteroatoms. The minimum absolute atomic E-state index is 0.0404. The highest BCUT2D eigenvalue weighted by molar-refractivity contribution is 7.89. The van der Waals surface area contributed by atoms with E-state index < -0.39 is 15.9 Å². The standard InChI is InChI=1S/C13H24N6O3S/c1-18(2)23(21,22)7-6-15-13(20)12-10-19(17-16-12)9-11-4-3-5-14-8-11/h10-11,14H,3-9H2,1-2H3,(H,15,20)/t11-/m1/s1. The zero-order valence-corrected chi connectivity index (χ0v) is 14.3. The zero-order valence-electron chi connectivity index (χ0n) is 13.5. The Kier molecular flexibility index (Phi) is 6.08. The third kappa shape index (κ3) is 5.26. The molecular weight excluding hydrogens is 320 g/mol. The summed E-state index contributed by atoms with van der Waals surface area (Å²) >= 11 is 0. The predicted octanol–water partition coefficient (Wildman–Crippen LogP) is -1.10. The van der Waals surface area contributed by atoms with Crippen LogP contribution in [0.4, 0.5) is 0 Å². The van der Waals surface area contributed by atoms with Crippen LogP contribution in [0.5, 0.6) is 0 Å². The summed E-state index contributed by atoms with van der Waals surface area (Å²) in [7, 11) is -0.397. The average molecular weight is 344 g/mol. The lowest BCUT2D eigenvalue weighted by Crippen LogP contribution is -2.34. The predicted molar refractivity (Wildman–Crippen MR) is 85.4 cm³/mol. The maximum absolute atomic E-state index is 12.0. The van der Waals surface area contributed by atoms with Gasteiger partial charge in [0.15, 0.2) is 5.69 Å². The third-order valence-electron chi connectivity index (χ3n) is 3.82. The fraction of sp³-hybridized carbons (Fsp3) is 0.769. The number of hydrogen-bond donors (Lipinski definition) is 2. The summed E-state index contributed by atoms with van der Waals surface area (Å²) in [6, 6.07) is 0. The number of carbonyl (C=O) groups excluding carboxylic acids is 1. The molecule has 9 nitrogen and oxygen atoms in total. The number of aromatic nitrogens is 3. The van der Waals surface area contributed by atoms with Crippen LogP contribution in [-0.2, 0) is 16.6 Å². The van der Waals surface area contributed by atoms with Crippen molar-refractivity contribution in [2.45, 2.75) is 19.4 Å². The topological polar surface area (TPSA) is 109 Å². The molecule has 1 aliphatic heterocycles. The van der Waals surface area contributed by atoms with E-state index in [0.29, 0.717) is 5.92 Å². The molecule has 1 aliphatic rings. The molecule has 2 N–H and O–H groups in total. The number of sulfonamides is 1. The number of nitrogens with one attached hydrogen (secondary N) is 2. The largest absolute Gasteiger partial charge is 0.350 e. The van der Waals surface area contributed by atoms with Crippen LogP contribution < -0.4 is 10.6 Å². The van der Waals surface area contributed by atoms with Gasteiger partial charge in [-0.2, -0.15) is 0 Å². The van der Waals surface area contributed by atoms with E-state index in [4.69, 9.17) is 0 Å². The number of hydrogen-bond acceptors (Lipinski definition) is 6. The van der Waals surface area contributed by atoms with Crippen LogP contribution in [0.3, 0.4) is 0 Å². The third-order valence-corrected chi connectivity index (χ3v) is 5.65. The average Bonchev–Trinajstić information content (AvgIpc) is 2.96. The molecule has 0 radical (unpaired) electrons. The molecule has 1 saturated heterocycles. The van der Waals surface area contributed by atoms with Gasteiger partial charge in [-0.1, -0.05) is 5.21 Å². The number of nitrogens with zero attached hydrogens (tertiary/aromatic N) is 4. The van der Waals surface area contributed by atoms with Gasteiger partial charge < -0.3 is 10.6 Å². The van der Waals surface area contributed by atoms with Crippen LogP contribution in [0.25, 0.3) is 0 Å². The molecule has 0 bridgehead atoms. The van der Waals surface area contributed by atoms with Gasteiger partial charge in [-0.15, -0.1) is 5.10 Å². The smallest absolute Gasteiger partial charge is 0.273 e. The van der Waals surface area contributed by atoms with Gasteiger partial charge in [0.25, 0.3) is 5.91 Å². The molecule has 1 aromatic heterocycles. The zero-order chi connectivity index (χ0) is 16.9. The molecular formula is C13H24N6O3S. The van der Waals surface area contributed by atoms with Crippen molar-refractivity contribution in [3.05, 3.63) is 11.9 Å². The van der Waals surface area contributed by atoms with E-state index in [0.717, 1.165) is 36.8 Å². The summed E-state index contributed by atoms with van der Waals surface area (Å²) in [5.74, 6) is -0.0632. The Morgan fingerprint density at radius 2 is 2.30 bits per heavy atom. The molecule has 1 aromatic rings. The molecule has 2 heterocycles. The van der Waals surface area contributed by atoms with Crippen molar-refractivity contribution in [3.63, 3.8) is 0 Å². The second kappa shape index (κ2) is 7.84. The van der Waals surface area contributed by atoms with Crippen molar-refractivity contribution < 1.29 is 13.2 Å². The first kappa shape index (κ1) is 17.8.